The van der Waals surface area contributed by atoms with Crippen LogP contribution >= 0.6 is 78.3 Å². The van der Waals surface area contributed by atoms with Crippen molar-refractivity contribution in [3.8, 4) is 11.5 Å². The van der Waals surface area contributed by atoms with Gasteiger partial charge in [0.05, 0.1) is 27.6 Å². The van der Waals surface area contributed by atoms with E-state index in [4.69, 9.17) is 98.6 Å². The van der Waals surface area contributed by atoms with Gasteiger partial charge in [0.25, 0.3) is 0 Å². The summed E-state index contributed by atoms with van der Waals surface area (Å²) in [6.07, 6.45) is -3.99. The average molecular weight is 1130 g/mol. The van der Waals surface area contributed by atoms with E-state index in [2.05, 4.69) is 31.9 Å². The molecule has 4 rings (SSSR count). The van der Waals surface area contributed by atoms with Crippen molar-refractivity contribution in [3.05, 3.63) is 55.4 Å². The highest BCUT2D eigenvalue weighted by molar-refractivity contribution is 9.10. The van der Waals surface area contributed by atoms with Gasteiger partial charge in [-0.15, -0.1) is 23.2 Å². The van der Waals surface area contributed by atoms with Gasteiger partial charge >= 0.3 is 37.4 Å². The number of alkyl halides is 2. The first kappa shape index (κ1) is 63.4. The van der Waals surface area contributed by atoms with Crippen molar-refractivity contribution in [1.29, 1.82) is 0 Å². The molecule has 24 heteroatoms. The summed E-state index contributed by atoms with van der Waals surface area (Å²) in [6.45, 7) is 15.7. The minimum atomic E-state index is -1.00. The highest BCUT2D eigenvalue weighted by atomic mass is 79.9. The maximum Gasteiger partial charge on any atom is 0.351 e. The second kappa shape index (κ2) is 34.6. The van der Waals surface area contributed by atoms with Crippen LogP contribution < -0.4 is 4.74 Å². The van der Waals surface area contributed by atoms with E-state index in [1.165, 1.54) is 47.5 Å². The predicted molar refractivity (Wildman–Crippen MR) is 242 cm³/mol. The van der Waals surface area contributed by atoms with Gasteiger partial charge in [-0.2, -0.15) is 0 Å². The SMILES string of the molecule is CC(=O)OCC1OC(OC(C)=O)C(OC(C)=O)C(C)C1C.CC(=O)OCC1OC(Oc2ccc(Br)cc2Cl)C(OC(C)=O)C(C)C1C.C[B]F.ClCCl.FF.Oc1ccc(Br)cc1Cl. The average Bonchev–Trinajstić information content (AvgIpc) is 3.20. The number of hydrogen-bond acceptors (Lipinski definition) is 14. The number of esters is 5. The molecular weight excluding hydrogens is 1070 g/mol. The Morgan fingerprint density at radius 2 is 1.02 bits per heavy atom. The largest absolute Gasteiger partial charge is 0.506 e. The Kier molecular flexibility index (Phi) is 34.2. The summed E-state index contributed by atoms with van der Waals surface area (Å²) < 4.78 is 71.2. The number of carbonyl (C=O) groups is 5. The lowest BCUT2D eigenvalue weighted by Gasteiger charge is -2.43. The van der Waals surface area contributed by atoms with Crippen LogP contribution in [0.25, 0.3) is 0 Å². The van der Waals surface area contributed by atoms with E-state index in [0.717, 1.165) is 8.95 Å². The minimum Gasteiger partial charge on any atom is -0.506 e. The number of phenolic OH excluding ortho intramolecular Hbond substituents is 1. The van der Waals surface area contributed by atoms with Crippen molar-refractivity contribution in [2.75, 3.05) is 18.6 Å². The number of ether oxygens (including phenoxy) is 8. The molecule has 2 saturated heterocycles. The number of carbonyl (C=O) groups excluding carboxylic acids is 5. The maximum absolute atomic E-state index is 11.5. The van der Waals surface area contributed by atoms with Crippen molar-refractivity contribution >= 4 is 116 Å². The van der Waals surface area contributed by atoms with Crippen molar-refractivity contribution in [1.82, 2.24) is 0 Å². The second-order valence-corrected chi connectivity index (χ2v) is 16.9. The quantitative estimate of drug-likeness (QED) is 0.108. The summed E-state index contributed by atoms with van der Waals surface area (Å²) >= 11 is 27.8. The topological polar surface area (TPSA) is 179 Å². The van der Waals surface area contributed by atoms with Crippen molar-refractivity contribution < 1.29 is 80.4 Å². The molecule has 1 N–H and O–H groups in total. The Hall–Kier alpha value is -2.72. The van der Waals surface area contributed by atoms with Crippen molar-refractivity contribution in [3.63, 3.8) is 0 Å². The van der Waals surface area contributed by atoms with E-state index >= 15 is 0 Å². The Labute approximate surface area is 409 Å². The molecule has 2 heterocycles. The molecule has 0 saturated carbocycles. The summed E-state index contributed by atoms with van der Waals surface area (Å²) in [5.41, 5.74) is 0. The van der Waals surface area contributed by atoms with E-state index in [0.29, 0.717) is 23.4 Å². The first-order valence-corrected chi connectivity index (χ1v) is 22.3. The van der Waals surface area contributed by atoms with Gasteiger partial charge < -0.3 is 47.3 Å². The third kappa shape index (κ3) is 25.3. The molecule has 0 amide bonds. The van der Waals surface area contributed by atoms with Gasteiger partial charge in [0.2, 0.25) is 12.6 Å². The van der Waals surface area contributed by atoms with Gasteiger partial charge in [0.1, 0.15) is 24.7 Å². The number of benzene rings is 2. The zero-order valence-corrected chi connectivity index (χ0v) is 42.8. The van der Waals surface area contributed by atoms with Crippen molar-refractivity contribution in [2.45, 2.75) is 106 Å². The smallest absolute Gasteiger partial charge is 0.351 e. The molecule has 0 aliphatic carbocycles. The zero-order chi connectivity index (χ0) is 49.9. The highest BCUT2D eigenvalue weighted by Crippen LogP contribution is 2.37. The van der Waals surface area contributed by atoms with Gasteiger partial charge in [0, 0.05) is 64.5 Å². The normalized spacial score (nSPS) is 24.0. The Balaban J connectivity index is 0. The van der Waals surface area contributed by atoms with Gasteiger partial charge in [-0.05, 0) is 48.2 Å². The van der Waals surface area contributed by atoms with Gasteiger partial charge in [-0.1, -0.05) is 89.6 Å². The molecule has 0 aromatic heterocycles. The molecular formula is C40H53BBr2Cl4F3O14. The Morgan fingerprint density at radius 3 is 1.36 bits per heavy atom. The maximum atomic E-state index is 11.5. The summed E-state index contributed by atoms with van der Waals surface area (Å²) in [7, 11) is 0.500. The first-order valence-electron chi connectivity index (χ1n) is 18.9. The molecule has 14 nitrogen and oxygen atoms in total. The van der Waals surface area contributed by atoms with Crippen molar-refractivity contribution in [2.24, 2.45) is 23.7 Å². The molecule has 1 radical (unpaired) electrons. The van der Waals surface area contributed by atoms with Crippen LogP contribution in [0, 0.1) is 23.7 Å². The number of aromatic hydroxyl groups is 1. The fourth-order valence-corrected chi connectivity index (χ4v) is 6.93. The van der Waals surface area contributed by atoms with E-state index in [-0.39, 0.29) is 60.0 Å². The number of hydrogen-bond donors (Lipinski definition) is 1. The first-order chi connectivity index (χ1) is 29.9. The number of rotatable bonds is 9. The molecule has 2 fully saturated rings. The summed E-state index contributed by atoms with van der Waals surface area (Å²) in [5.74, 6) is -1.96. The van der Waals surface area contributed by atoms with Crippen LogP contribution in [0.1, 0.15) is 62.3 Å². The van der Waals surface area contributed by atoms with Crippen LogP contribution in [0.5, 0.6) is 11.5 Å². The van der Waals surface area contributed by atoms with E-state index in [9.17, 15) is 28.3 Å². The standard InChI is InChI=1S/C18H22BrClO6.C14H22O7.C6H4BrClO.CH3BF.CH2Cl2.F2/c1-9-10(2)17(24-12(4)22)18(26-16(9)8-23-11(3)21)25-15-6-5-13(19)7-14(15)20;1-7-8(2)13(19-10(4)16)14(20-11(5)17)21-12(7)6-18-9(3)15;7-4-1-2-6(9)5(8)3-4;1-2-3;2-1-3;1-2/h5-7,9-10,16-18H,8H2,1-4H3;7-8,12-14H,6H2,1-5H3;1-3,9H;1H3;1H2;. The molecule has 2 aromatic rings. The number of halogens is 9. The Morgan fingerprint density at radius 1 is 0.656 bits per heavy atom. The van der Waals surface area contributed by atoms with Crippen LogP contribution in [-0.2, 0) is 57.1 Å². The third-order valence-corrected chi connectivity index (χ3v) is 10.4. The molecule has 2 aliphatic rings. The molecule has 2 aliphatic heterocycles. The van der Waals surface area contributed by atoms with Crippen LogP contribution in [0.3, 0.4) is 0 Å². The molecule has 363 valence electrons. The monoisotopic (exact) mass is 1120 g/mol. The zero-order valence-electron chi connectivity index (χ0n) is 36.6. The van der Waals surface area contributed by atoms with E-state index < -0.39 is 54.8 Å². The van der Waals surface area contributed by atoms with Crippen LogP contribution in [0.15, 0.2) is 45.3 Å². The Bertz CT molecular complexity index is 1720. The lowest BCUT2D eigenvalue weighted by molar-refractivity contribution is -0.271. The van der Waals surface area contributed by atoms with Gasteiger partial charge in [-0.25, -0.2) is 0 Å². The number of phenols is 1. The fourth-order valence-electron chi connectivity index (χ4n) is 5.54. The summed E-state index contributed by atoms with van der Waals surface area (Å²) in [4.78, 5) is 56.0. The summed E-state index contributed by atoms with van der Waals surface area (Å²) in [5, 5.41) is 9.85. The van der Waals surface area contributed by atoms with Crippen LogP contribution in [0.4, 0.5) is 13.5 Å². The fraction of sp³-hybridized carbons (Fsp3) is 0.575. The van der Waals surface area contributed by atoms with Gasteiger partial charge in [0.15, 0.2) is 12.2 Å². The lowest BCUT2D eigenvalue weighted by Crippen LogP contribution is -2.54. The molecule has 2 aromatic carbocycles. The predicted octanol–water partition coefficient (Wildman–Crippen LogP) is 10.7. The summed E-state index contributed by atoms with van der Waals surface area (Å²) in [6, 6.07) is 10.1. The van der Waals surface area contributed by atoms with E-state index in [1.54, 1.807) is 30.3 Å². The van der Waals surface area contributed by atoms with Crippen LogP contribution in [0.2, 0.25) is 16.9 Å². The van der Waals surface area contributed by atoms with Gasteiger partial charge in [-0.3, -0.25) is 24.0 Å². The lowest BCUT2D eigenvalue weighted by atomic mass is 9.83. The molecule has 10 unspecified atom stereocenters. The van der Waals surface area contributed by atoms with E-state index in [1.807, 2.05) is 27.7 Å². The van der Waals surface area contributed by atoms with Crippen LogP contribution in [-0.4, -0.2) is 98.1 Å². The minimum absolute atomic E-state index is 0.0149. The molecule has 0 bridgehead atoms. The molecule has 10 atom stereocenters. The third-order valence-electron chi connectivity index (χ3n) is 8.86. The molecule has 0 spiro atoms. The second-order valence-electron chi connectivity index (χ2n) is 13.5. The molecule has 64 heavy (non-hydrogen) atoms. The highest BCUT2D eigenvalue weighted by Gasteiger charge is 2.46.